The fraction of sp³-hybridized carbons (Fsp3) is 0.647. The lowest BCUT2D eigenvalue weighted by atomic mass is 9.98. The van der Waals surface area contributed by atoms with Crippen LogP contribution in [0.25, 0.3) is 0 Å². The molecule has 0 aromatic heterocycles. The van der Waals surface area contributed by atoms with Gasteiger partial charge < -0.3 is 10.1 Å². The molecule has 2 aliphatic rings. The first-order chi connectivity index (χ1) is 9.77. The maximum absolute atomic E-state index is 6.41. The van der Waals surface area contributed by atoms with E-state index in [4.69, 9.17) is 16.3 Å². The number of ether oxygens (including phenoxy) is 1. The Balaban J connectivity index is 1.40. The molecule has 2 nitrogen and oxygen atoms in total. The lowest BCUT2D eigenvalue weighted by Gasteiger charge is -2.24. The Morgan fingerprint density at radius 2 is 1.95 bits per heavy atom. The zero-order valence-corrected chi connectivity index (χ0v) is 12.7. The summed E-state index contributed by atoms with van der Waals surface area (Å²) >= 11 is 6.41. The van der Waals surface area contributed by atoms with Crippen LogP contribution in [0.5, 0.6) is 0 Å². The minimum Gasteiger partial charge on any atom is -0.370 e. The van der Waals surface area contributed by atoms with Gasteiger partial charge in [-0.25, -0.2) is 0 Å². The highest BCUT2D eigenvalue weighted by Crippen LogP contribution is 2.43. The van der Waals surface area contributed by atoms with Gasteiger partial charge >= 0.3 is 0 Å². The molecule has 1 aliphatic carbocycles. The van der Waals surface area contributed by atoms with Crippen LogP contribution in [0, 0.1) is 0 Å². The van der Waals surface area contributed by atoms with Crippen molar-refractivity contribution < 1.29 is 4.74 Å². The second-order valence-corrected chi connectivity index (χ2v) is 6.73. The summed E-state index contributed by atoms with van der Waals surface area (Å²) in [6, 6.07) is 10.3. The molecule has 0 amide bonds. The molecular formula is C17H24ClNO. The maximum atomic E-state index is 6.41. The minimum atomic E-state index is 0.0399. The monoisotopic (exact) mass is 293 g/mol. The normalized spacial score (nSPS) is 26.1. The van der Waals surface area contributed by atoms with Crippen molar-refractivity contribution in [1.82, 2.24) is 5.32 Å². The van der Waals surface area contributed by atoms with E-state index >= 15 is 0 Å². The van der Waals surface area contributed by atoms with Gasteiger partial charge in [0.2, 0.25) is 0 Å². The standard InChI is InChI=1S/C17H24ClNO/c18-16(14-6-2-1-3-7-14)13-19-12-15-8-11-17(20-15)9-4-5-10-17/h1-3,6-7,15-16,19H,4-5,8-13H2. The fourth-order valence-corrected chi connectivity index (χ4v) is 3.83. The van der Waals surface area contributed by atoms with E-state index in [2.05, 4.69) is 17.4 Å². The van der Waals surface area contributed by atoms with Crippen molar-refractivity contribution in [1.29, 1.82) is 0 Å². The predicted octanol–water partition coefficient (Wildman–Crippen LogP) is 4.05. The Kier molecular flexibility index (Phi) is 4.65. The van der Waals surface area contributed by atoms with E-state index in [9.17, 15) is 0 Å². The molecule has 1 aromatic rings. The minimum absolute atomic E-state index is 0.0399. The molecule has 2 fully saturated rings. The molecule has 20 heavy (non-hydrogen) atoms. The zero-order valence-electron chi connectivity index (χ0n) is 12.0. The lowest BCUT2D eigenvalue weighted by Crippen LogP contribution is -2.32. The van der Waals surface area contributed by atoms with Gasteiger partial charge in [-0.1, -0.05) is 43.2 Å². The average molecular weight is 294 g/mol. The van der Waals surface area contributed by atoms with Gasteiger partial charge in [0, 0.05) is 13.1 Å². The van der Waals surface area contributed by atoms with Crippen molar-refractivity contribution >= 4 is 11.6 Å². The van der Waals surface area contributed by atoms with E-state index in [1.165, 1.54) is 44.1 Å². The van der Waals surface area contributed by atoms with E-state index < -0.39 is 0 Å². The highest BCUT2D eigenvalue weighted by Gasteiger charge is 2.41. The number of halogens is 1. The number of nitrogens with one attached hydrogen (secondary N) is 1. The zero-order chi connectivity index (χ0) is 13.8. The third-order valence-electron chi connectivity index (χ3n) is 4.71. The van der Waals surface area contributed by atoms with Crippen LogP contribution in [0.2, 0.25) is 0 Å². The van der Waals surface area contributed by atoms with Crippen LogP contribution in [0.15, 0.2) is 30.3 Å². The Hall–Kier alpha value is -0.570. The van der Waals surface area contributed by atoms with Crippen molar-refractivity contribution in [2.45, 2.75) is 55.6 Å². The highest BCUT2D eigenvalue weighted by molar-refractivity contribution is 6.21. The van der Waals surface area contributed by atoms with E-state index in [0.29, 0.717) is 6.10 Å². The Bertz CT molecular complexity index is 416. The van der Waals surface area contributed by atoms with Crippen molar-refractivity contribution in [2.24, 2.45) is 0 Å². The van der Waals surface area contributed by atoms with Gasteiger partial charge in [-0.2, -0.15) is 0 Å². The third kappa shape index (κ3) is 3.36. The van der Waals surface area contributed by atoms with Crippen LogP contribution in [0.1, 0.15) is 49.5 Å². The van der Waals surface area contributed by atoms with Gasteiger partial charge in [0.15, 0.2) is 0 Å². The third-order valence-corrected chi connectivity index (χ3v) is 5.12. The summed E-state index contributed by atoms with van der Waals surface area (Å²) in [5.41, 5.74) is 1.42. The molecule has 1 heterocycles. The van der Waals surface area contributed by atoms with Gasteiger partial charge in [-0.15, -0.1) is 11.6 Å². The van der Waals surface area contributed by atoms with Crippen molar-refractivity contribution in [3.05, 3.63) is 35.9 Å². The molecule has 1 N–H and O–H groups in total. The number of hydrogen-bond acceptors (Lipinski definition) is 2. The van der Waals surface area contributed by atoms with Crippen LogP contribution in [0.4, 0.5) is 0 Å². The van der Waals surface area contributed by atoms with Gasteiger partial charge in [0.1, 0.15) is 0 Å². The molecule has 1 saturated heterocycles. The lowest BCUT2D eigenvalue weighted by molar-refractivity contribution is -0.0350. The summed E-state index contributed by atoms with van der Waals surface area (Å²) in [5, 5.41) is 3.51. The molecule has 110 valence electrons. The Labute approximate surface area is 126 Å². The molecule has 1 saturated carbocycles. The smallest absolute Gasteiger partial charge is 0.0709 e. The number of alkyl halides is 1. The van der Waals surface area contributed by atoms with E-state index in [0.717, 1.165) is 13.1 Å². The molecule has 0 bridgehead atoms. The summed E-state index contributed by atoms with van der Waals surface area (Å²) in [7, 11) is 0. The Morgan fingerprint density at radius 1 is 1.20 bits per heavy atom. The largest absolute Gasteiger partial charge is 0.370 e. The van der Waals surface area contributed by atoms with E-state index in [-0.39, 0.29) is 11.0 Å². The fourth-order valence-electron chi connectivity index (χ4n) is 3.58. The highest BCUT2D eigenvalue weighted by atomic mass is 35.5. The quantitative estimate of drug-likeness (QED) is 0.827. The van der Waals surface area contributed by atoms with Gasteiger partial charge in [-0.3, -0.25) is 0 Å². The molecule has 2 atom stereocenters. The molecule has 3 heteroatoms. The summed E-state index contributed by atoms with van der Waals surface area (Å²) in [6.45, 7) is 1.73. The van der Waals surface area contributed by atoms with Crippen LogP contribution in [0.3, 0.4) is 0 Å². The van der Waals surface area contributed by atoms with Gasteiger partial charge in [-0.05, 0) is 31.2 Å². The number of rotatable bonds is 5. The van der Waals surface area contributed by atoms with E-state index in [1.54, 1.807) is 0 Å². The van der Waals surface area contributed by atoms with Gasteiger partial charge in [0.25, 0.3) is 0 Å². The number of hydrogen-bond donors (Lipinski definition) is 1. The first-order valence-corrected chi connectivity index (χ1v) is 8.29. The topological polar surface area (TPSA) is 21.3 Å². The first-order valence-electron chi connectivity index (χ1n) is 7.85. The molecule has 1 spiro atoms. The SMILES string of the molecule is ClC(CNCC1CCC2(CCCC2)O1)c1ccccc1. The van der Waals surface area contributed by atoms with Crippen LogP contribution in [-0.4, -0.2) is 24.8 Å². The maximum Gasteiger partial charge on any atom is 0.0709 e. The second kappa shape index (κ2) is 6.46. The van der Waals surface area contributed by atoms with Crippen molar-refractivity contribution in [2.75, 3.05) is 13.1 Å². The van der Waals surface area contributed by atoms with Crippen molar-refractivity contribution in [3.8, 4) is 0 Å². The van der Waals surface area contributed by atoms with E-state index in [1.807, 2.05) is 18.2 Å². The summed E-state index contributed by atoms with van der Waals surface area (Å²) in [4.78, 5) is 0. The average Bonchev–Trinajstić information content (AvgIpc) is 3.10. The molecule has 1 aliphatic heterocycles. The number of benzene rings is 1. The van der Waals surface area contributed by atoms with Crippen molar-refractivity contribution in [3.63, 3.8) is 0 Å². The van der Waals surface area contributed by atoms with Gasteiger partial charge in [0.05, 0.1) is 17.1 Å². The predicted molar refractivity (Wildman–Crippen MR) is 83.2 cm³/mol. The summed E-state index contributed by atoms with van der Waals surface area (Å²) in [6.07, 6.45) is 8.06. The summed E-state index contributed by atoms with van der Waals surface area (Å²) in [5.74, 6) is 0. The molecule has 1 aromatic carbocycles. The van der Waals surface area contributed by atoms with Crippen LogP contribution in [-0.2, 0) is 4.74 Å². The molecule has 0 radical (unpaired) electrons. The molecule has 2 unspecified atom stereocenters. The first kappa shape index (κ1) is 14.4. The Morgan fingerprint density at radius 3 is 2.70 bits per heavy atom. The second-order valence-electron chi connectivity index (χ2n) is 6.21. The summed E-state index contributed by atoms with van der Waals surface area (Å²) < 4.78 is 6.29. The van der Waals surface area contributed by atoms with Crippen LogP contribution >= 0.6 is 11.6 Å². The molecular weight excluding hydrogens is 270 g/mol. The molecule has 3 rings (SSSR count). The van der Waals surface area contributed by atoms with Crippen LogP contribution < -0.4 is 5.32 Å².